The van der Waals surface area contributed by atoms with Crippen LogP contribution in [0.2, 0.25) is 0 Å². The number of amides is 1. The van der Waals surface area contributed by atoms with Crippen LogP contribution in [-0.4, -0.2) is 37.0 Å². The fourth-order valence-electron chi connectivity index (χ4n) is 1.38. The van der Waals surface area contributed by atoms with Gasteiger partial charge in [0.1, 0.15) is 11.1 Å². The SMILES string of the molecule is CC(C(=O)Nc1ccc(F)cc1)S(=O)(=O)CCCO. The Kier molecular flexibility index (Phi) is 5.44. The molecule has 0 aliphatic carbocycles. The standard InChI is InChI=1S/C12H16FNO4S/c1-9(19(17,18)8-2-7-15)12(16)14-11-5-3-10(13)4-6-11/h3-6,9,15H,2,7-8H2,1H3,(H,14,16). The second-order valence-electron chi connectivity index (χ2n) is 4.08. The lowest BCUT2D eigenvalue weighted by Gasteiger charge is -2.13. The molecule has 0 aliphatic rings. The Balaban J connectivity index is 2.69. The predicted molar refractivity (Wildman–Crippen MR) is 70.0 cm³/mol. The molecule has 1 rings (SSSR count). The van der Waals surface area contributed by atoms with Gasteiger partial charge < -0.3 is 10.4 Å². The van der Waals surface area contributed by atoms with Crippen molar-refractivity contribution in [1.29, 1.82) is 0 Å². The maximum atomic E-state index is 12.7. The second-order valence-corrected chi connectivity index (χ2v) is 6.52. The van der Waals surface area contributed by atoms with Gasteiger partial charge in [0.2, 0.25) is 5.91 Å². The summed E-state index contributed by atoms with van der Waals surface area (Å²) in [6.45, 7) is 1.04. The summed E-state index contributed by atoms with van der Waals surface area (Å²) in [6, 6.07) is 5.03. The Labute approximate surface area is 111 Å². The van der Waals surface area contributed by atoms with Crippen LogP contribution >= 0.6 is 0 Å². The number of aliphatic hydroxyl groups excluding tert-OH is 1. The molecule has 7 heteroatoms. The molecule has 0 saturated heterocycles. The summed E-state index contributed by atoms with van der Waals surface area (Å²) >= 11 is 0. The molecule has 19 heavy (non-hydrogen) atoms. The number of anilines is 1. The number of rotatable bonds is 6. The van der Waals surface area contributed by atoms with E-state index in [2.05, 4.69) is 5.32 Å². The highest BCUT2D eigenvalue weighted by atomic mass is 32.2. The van der Waals surface area contributed by atoms with Crippen molar-refractivity contribution in [2.45, 2.75) is 18.6 Å². The first-order valence-electron chi connectivity index (χ1n) is 5.75. The summed E-state index contributed by atoms with van der Waals surface area (Å²) in [7, 11) is -3.60. The van der Waals surface area contributed by atoms with Gasteiger partial charge in [-0.25, -0.2) is 12.8 Å². The van der Waals surface area contributed by atoms with Crippen molar-refractivity contribution in [3.8, 4) is 0 Å². The van der Waals surface area contributed by atoms with Crippen LogP contribution in [0.1, 0.15) is 13.3 Å². The van der Waals surface area contributed by atoms with Crippen molar-refractivity contribution in [3.63, 3.8) is 0 Å². The molecule has 0 bridgehead atoms. The number of carbonyl (C=O) groups excluding carboxylic acids is 1. The lowest BCUT2D eigenvalue weighted by atomic mass is 10.3. The van der Waals surface area contributed by atoms with Crippen LogP contribution in [0, 0.1) is 5.82 Å². The van der Waals surface area contributed by atoms with Gasteiger partial charge in [-0.05, 0) is 37.6 Å². The molecule has 0 saturated carbocycles. The van der Waals surface area contributed by atoms with Gasteiger partial charge in [-0.15, -0.1) is 0 Å². The molecule has 1 aromatic carbocycles. The van der Waals surface area contributed by atoms with E-state index in [4.69, 9.17) is 5.11 Å². The number of halogens is 1. The van der Waals surface area contributed by atoms with Crippen LogP contribution in [-0.2, 0) is 14.6 Å². The number of carbonyl (C=O) groups is 1. The van der Waals surface area contributed by atoms with Crippen LogP contribution in [0.25, 0.3) is 0 Å². The van der Waals surface area contributed by atoms with E-state index in [0.29, 0.717) is 5.69 Å². The molecular weight excluding hydrogens is 273 g/mol. The van der Waals surface area contributed by atoms with Crippen molar-refractivity contribution in [2.75, 3.05) is 17.7 Å². The first kappa shape index (κ1) is 15.6. The number of aliphatic hydroxyl groups is 1. The van der Waals surface area contributed by atoms with Gasteiger partial charge >= 0.3 is 0 Å². The molecule has 2 N–H and O–H groups in total. The van der Waals surface area contributed by atoms with Gasteiger partial charge in [0.05, 0.1) is 5.75 Å². The van der Waals surface area contributed by atoms with Gasteiger partial charge in [0, 0.05) is 12.3 Å². The molecule has 0 fully saturated rings. The van der Waals surface area contributed by atoms with E-state index in [1.54, 1.807) is 0 Å². The largest absolute Gasteiger partial charge is 0.396 e. The van der Waals surface area contributed by atoms with Crippen molar-refractivity contribution >= 4 is 21.4 Å². The first-order valence-corrected chi connectivity index (χ1v) is 7.47. The second kappa shape index (κ2) is 6.63. The summed E-state index contributed by atoms with van der Waals surface area (Å²) in [5.41, 5.74) is 0.329. The van der Waals surface area contributed by atoms with Crippen LogP contribution in [0.4, 0.5) is 10.1 Å². The van der Waals surface area contributed by atoms with Crippen LogP contribution in [0.3, 0.4) is 0 Å². The maximum absolute atomic E-state index is 12.7. The number of benzene rings is 1. The number of hydrogen-bond acceptors (Lipinski definition) is 4. The van der Waals surface area contributed by atoms with E-state index >= 15 is 0 Å². The van der Waals surface area contributed by atoms with Crippen molar-refractivity contribution in [2.24, 2.45) is 0 Å². The Bertz CT molecular complexity index is 527. The fourth-order valence-corrected chi connectivity index (χ4v) is 2.65. The Morgan fingerprint density at radius 1 is 1.37 bits per heavy atom. The molecule has 1 amide bonds. The van der Waals surface area contributed by atoms with E-state index in [1.807, 2.05) is 0 Å². The highest BCUT2D eigenvalue weighted by molar-refractivity contribution is 7.92. The Hall–Kier alpha value is -1.47. The Morgan fingerprint density at radius 2 is 1.95 bits per heavy atom. The quantitative estimate of drug-likeness (QED) is 0.816. The van der Waals surface area contributed by atoms with E-state index < -0.39 is 26.8 Å². The highest BCUT2D eigenvalue weighted by Crippen LogP contribution is 2.11. The minimum absolute atomic E-state index is 0.0938. The van der Waals surface area contributed by atoms with Gasteiger partial charge in [0.15, 0.2) is 9.84 Å². The maximum Gasteiger partial charge on any atom is 0.242 e. The third-order valence-electron chi connectivity index (χ3n) is 2.61. The smallest absolute Gasteiger partial charge is 0.242 e. The average molecular weight is 289 g/mol. The lowest BCUT2D eigenvalue weighted by Crippen LogP contribution is -2.34. The average Bonchev–Trinajstić information content (AvgIpc) is 2.38. The minimum atomic E-state index is -3.60. The lowest BCUT2D eigenvalue weighted by molar-refractivity contribution is -0.115. The summed E-state index contributed by atoms with van der Waals surface area (Å²) in [5.74, 6) is -1.37. The molecule has 5 nitrogen and oxygen atoms in total. The zero-order chi connectivity index (χ0) is 14.5. The summed E-state index contributed by atoms with van der Waals surface area (Å²) in [5, 5.41) is 9.80. The van der Waals surface area contributed by atoms with E-state index in [1.165, 1.54) is 31.2 Å². The molecule has 0 aliphatic heterocycles. The summed E-state index contributed by atoms with van der Waals surface area (Å²) in [4.78, 5) is 11.8. The molecule has 0 aromatic heterocycles. The third kappa shape index (κ3) is 4.60. The fraction of sp³-hybridized carbons (Fsp3) is 0.417. The molecule has 106 valence electrons. The summed E-state index contributed by atoms with van der Waals surface area (Å²) in [6.07, 6.45) is 0.0938. The van der Waals surface area contributed by atoms with Gasteiger partial charge in [-0.1, -0.05) is 0 Å². The molecule has 0 radical (unpaired) electrons. The normalized spacial score (nSPS) is 13.0. The molecule has 0 spiro atoms. The molecule has 1 atom stereocenters. The minimum Gasteiger partial charge on any atom is -0.396 e. The zero-order valence-electron chi connectivity index (χ0n) is 10.5. The summed E-state index contributed by atoms with van der Waals surface area (Å²) < 4.78 is 36.2. The van der Waals surface area contributed by atoms with Crippen LogP contribution in [0.5, 0.6) is 0 Å². The zero-order valence-corrected chi connectivity index (χ0v) is 11.3. The van der Waals surface area contributed by atoms with Gasteiger partial charge in [0.25, 0.3) is 0 Å². The molecule has 0 heterocycles. The van der Waals surface area contributed by atoms with E-state index in [0.717, 1.165) is 0 Å². The third-order valence-corrected chi connectivity index (χ3v) is 4.76. The van der Waals surface area contributed by atoms with E-state index in [9.17, 15) is 17.6 Å². The number of nitrogens with one attached hydrogen (secondary N) is 1. The van der Waals surface area contributed by atoms with Crippen LogP contribution in [0.15, 0.2) is 24.3 Å². The van der Waals surface area contributed by atoms with Gasteiger partial charge in [-0.3, -0.25) is 4.79 Å². The van der Waals surface area contributed by atoms with Gasteiger partial charge in [-0.2, -0.15) is 0 Å². The molecular formula is C12H16FNO4S. The van der Waals surface area contributed by atoms with Crippen LogP contribution < -0.4 is 5.32 Å². The highest BCUT2D eigenvalue weighted by Gasteiger charge is 2.27. The van der Waals surface area contributed by atoms with Crippen molar-refractivity contribution in [3.05, 3.63) is 30.1 Å². The van der Waals surface area contributed by atoms with Crippen molar-refractivity contribution < 1.29 is 22.7 Å². The number of hydrogen-bond donors (Lipinski definition) is 2. The first-order chi connectivity index (χ1) is 8.86. The number of sulfone groups is 1. The topological polar surface area (TPSA) is 83.5 Å². The van der Waals surface area contributed by atoms with E-state index in [-0.39, 0.29) is 18.8 Å². The monoisotopic (exact) mass is 289 g/mol. The predicted octanol–water partition coefficient (Wildman–Crippen LogP) is 0.950. The van der Waals surface area contributed by atoms with Crippen molar-refractivity contribution in [1.82, 2.24) is 0 Å². The molecule has 1 unspecified atom stereocenters. The molecule has 1 aromatic rings. The Morgan fingerprint density at radius 3 is 2.47 bits per heavy atom.